The van der Waals surface area contributed by atoms with Gasteiger partial charge in [-0.05, 0) is 19.8 Å². The molecule has 1 saturated carbocycles. The number of hydrogen-bond acceptors (Lipinski definition) is 3. The summed E-state index contributed by atoms with van der Waals surface area (Å²) in [4.78, 5) is 11.7. The maximum absolute atomic E-state index is 11.7. The Balaban J connectivity index is 2.00. The monoisotopic (exact) mass is 200 g/mol. The summed E-state index contributed by atoms with van der Waals surface area (Å²) in [6.45, 7) is 2.40. The van der Waals surface area contributed by atoms with Crippen LogP contribution in [0.25, 0.3) is 0 Å². The van der Waals surface area contributed by atoms with Crippen molar-refractivity contribution in [2.75, 3.05) is 6.61 Å². The van der Waals surface area contributed by atoms with Crippen LogP contribution in [0.3, 0.4) is 0 Å². The average Bonchev–Trinajstić information content (AvgIpc) is 2.77. The van der Waals surface area contributed by atoms with Gasteiger partial charge in [-0.1, -0.05) is 19.3 Å². The van der Waals surface area contributed by atoms with E-state index in [0.29, 0.717) is 11.9 Å². The number of esters is 1. The van der Waals surface area contributed by atoms with Crippen molar-refractivity contribution in [3.05, 3.63) is 0 Å². The Bertz CT molecular complexity index is 217. The summed E-state index contributed by atoms with van der Waals surface area (Å²) in [5, 5.41) is 0.578. The molecule has 0 bridgehead atoms. The molecular weight excluding hydrogens is 184 g/mol. The van der Waals surface area contributed by atoms with Crippen LogP contribution < -0.4 is 0 Å². The average molecular weight is 200 g/mol. The number of ether oxygens (including phenoxy) is 1. The molecular formula is C10H16O2S. The second-order valence-electron chi connectivity index (χ2n) is 3.82. The van der Waals surface area contributed by atoms with Crippen LogP contribution in [0.4, 0.5) is 0 Å². The maximum atomic E-state index is 11.7. The molecule has 3 heteroatoms. The van der Waals surface area contributed by atoms with E-state index in [1.807, 2.05) is 18.7 Å². The predicted molar refractivity (Wildman–Crippen MR) is 53.8 cm³/mol. The molecule has 2 nitrogen and oxygen atoms in total. The molecule has 2 unspecified atom stereocenters. The summed E-state index contributed by atoms with van der Waals surface area (Å²) < 4.78 is 5.02. The quantitative estimate of drug-likeness (QED) is 0.505. The third-order valence-corrected chi connectivity index (χ3v) is 4.70. The Kier molecular flexibility index (Phi) is 2.54. The zero-order valence-electron chi connectivity index (χ0n) is 8.04. The molecule has 74 valence electrons. The Morgan fingerprint density at radius 1 is 1.54 bits per heavy atom. The van der Waals surface area contributed by atoms with Crippen LogP contribution in [0.1, 0.15) is 39.0 Å². The van der Waals surface area contributed by atoms with Gasteiger partial charge in [0, 0.05) is 5.25 Å². The van der Waals surface area contributed by atoms with Crippen molar-refractivity contribution < 1.29 is 9.53 Å². The van der Waals surface area contributed by atoms with Gasteiger partial charge in [-0.25, -0.2) is 0 Å². The Morgan fingerprint density at radius 3 is 3.15 bits per heavy atom. The number of thioether (sulfide) groups is 1. The van der Waals surface area contributed by atoms with Gasteiger partial charge in [0.1, 0.15) is 4.75 Å². The molecule has 2 rings (SSSR count). The van der Waals surface area contributed by atoms with Gasteiger partial charge >= 0.3 is 5.97 Å². The van der Waals surface area contributed by atoms with Gasteiger partial charge in [-0.15, -0.1) is 11.8 Å². The molecule has 2 atom stereocenters. The number of carbonyl (C=O) groups is 1. The second kappa shape index (κ2) is 3.52. The van der Waals surface area contributed by atoms with Crippen LogP contribution in [-0.2, 0) is 9.53 Å². The Labute approximate surface area is 83.4 Å². The lowest BCUT2D eigenvalue weighted by molar-refractivity contribution is -0.145. The molecule has 0 N–H and O–H groups in total. The first-order valence-corrected chi connectivity index (χ1v) is 6.02. The first-order valence-electron chi connectivity index (χ1n) is 5.14. The molecule has 2 aliphatic rings. The van der Waals surface area contributed by atoms with Crippen LogP contribution >= 0.6 is 11.8 Å². The fourth-order valence-corrected chi connectivity index (χ4v) is 3.63. The summed E-state index contributed by atoms with van der Waals surface area (Å²) in [6, 6.07) is 0. The molecule has 1 heterocycles. The highest BCUT2D eigenvalue weighted by atomic mass is 32.2. The minimum Gasteiger partial charge on any atom is -0.465 e. The molecule has 0 spiro atoms. The fourth-order valence-electron chi connectivity index (χ4n) is 2.16. The van der Waals surface area contributed by atoms with Crippen LogP contribution in [0.5, 0.6) is 0 Å². The number of rotatable bonds is 2. The van der Waals surface area contributed by atoms with E-state index in [9.17, 15) is 4.79 Å². The van der Waals surface area contributed by atoms with E-state index in [0.717, 1.165) is 6.42 Å². The van der Waals surface area contributed by atoms with E-state index < -0.39 is 0 Å². The van der Waals surface area contributed by atoms with Gasteiger partial charge in [0.2, 0.25) is 0 Å². The van der Waals surface area contributed by atoms with E-state index in [4.69, 9.17) is 4.74 Å². The van der Waals surface area contributed by atoms with Gasteiger partial charge in [0.05, 0.1) is 6.61 Å². The van der Waals surface area contributed by atoms with Crippen LogP contribution in [0, 0.1) is 0 Å². The number of fused-ring (bicyclic) bond motifs is 1. The van der Waals surface area contributed by atoms with E-state index in [2.05, 4.69) is 0 Å². The Hall–Kier alpha value is -0.180. The first kappa shape index (κ1) is 9.38. The second-order valence-corrected chi connectivity index (χ2v) is 5.35. The van der Waals surface area contributed by atoms with E-state index in [1.54, 1.807) is 0 Å². The third-order valence-electron chi connectivity index (χ3n) is 2.95. The summed E-state index contributed by atoms with van der Waals surface area (Å²) in [7, 11) is 0. The molecule has 0 aromatic rings. The highest BCUT2D eigenvalue weighted by Crippen LogP contribution is 2.60. The molecule has 0 aromatic carbocycles. The largest absolute Gasteiger partial charge is 0.465 e. The van der Waals surface area contributed by atoms with Crippen molar-refractivity contribution in [3.63, 3.8) is 0 Å². The van der Waals surface area contributed by atoms with Crippen molar-refractivity contribution in [1.29, 1.82) is 0 Å². The van der Waals surface area contributed by atoms with Crippen molar-refractivity contribution in [3.8, 4) is 0 Å². The van der Waals surface area contributed by atoms with Gasteiger partial charge in [-0.3, -0.25) is 4.79 Å². The lowest BCUT2D eigenvalue weighted by Gasteiger charge is -2.11. The van der Waals surface area contributed by atoms with E-state index >= 15 is 0 Å². The van der Waals surface area contributed by atoms with Crippen LogP contribution in [0.15, 0.2) is 0 Å². The number of carbonyl (C=O) groups excluding carboxylic acids is 1. The SMILES string of the molecule is CCOC(=O)C12CCCCCC1S2. The van der Waals surface area contributed by atoms with E-state index in [-0.39, 0.29) is 10.7 Å². The molecule has 13 heavy (non-hydrogen) atoms. The summed E-state index contributed by atoms with van der Waals surface area (Å²) in [5.74, 6) is 0.0481. The molecule has 0 aromatic heterocycles. The molecule has 1 aliphatic heterocycles. The van der Waals surface area contributed by atoms with Gasteiger partial charge < -0.3 is 4.74 Å². The van der Waals surface area contributed by atoms with Crippen molar-refractivity contribution in [1.82, 2.24) is 0 Å². The predicted octanol–water partition coefficient (Wildman–Crippen LogP) is 2.37. The normalized spacial score (nSPS) is 37.5. The first-order chi connectivity index (χ1) is 6.29. The van der Waals surface area contributed by atoms with Gasteiger partial charge in [0.15, 0.2) is 0 Å². The van der Waals surface area contributed by atoms with Gasteiger partial charge in [0.25, 0.3) is 0 Å². The zero-order chi connectivity index (χ0) is 9.31. The molecule has 0 amide bonds. The zero-order valence-corrected chi connectivity index (χ0v) is 8.86. The van der Waals surface area contributed by atoms with Gasteiger partial charge in [-0.2, -0.15) is 0 Å². The third kappa shape index (κ3) is 1.58. The lowest BCUT2D eigenvalue weighted by atomic mass is 10.0. The number of hydrogen-bond donors (Lipinski definition) is 0. The van der Waals surface area contributed by atoms with Crippen molar-refractivity contribution in [2.24, 2.45) is 0 Å². The molecule has 1 aliphatic carbocycles. The summed E-state index contributed by atoms with van der Waals surface area (Å²) >= 11 is 1.83. The summed E-state index contributed by atoms with van der Waals surface area (Å²) in [6.07, 6.45) is 6.03. The topological polar surface area (TPSA) is 26.3 Å². The minimum atomic E-state index is -0.105. The smallest absolute Gasteiger partial charge is 0.323 e. The minimum absolute atomic E-state index is 0.0481. The standard InChI is InChI=1S/C10H16O2S/c1-2-12-9(11)10-7-5-3-4-6-8(10)13-10/h8H,2-7H2,1H3. The van der Waals surface area contributed by atoms with Crippen LogP contribution in [-0.4, -0.2) is 22.6 Å². The fraction of sp³-hybridized carbons (Fsp3) is 0.900. The van der Waals surface area contributed by atoms with Crippen molar-refractivity contribution >= 4 is 17.7 Å². The van der Waals surface area contributed by atoms with Crippen molar-refractivity contribution in [2.45, 2.75) is 49.0 Å². The highest BCUT2D eigenvalue weighted by Gasteiger charge is 2.61. The molecule has 1 saturated heterocycles. The summed E-state index contributed by atoms with van der Waals surface area (Å²) in [5.41, 5.74) is 0. The van der Waals surface area contributed by atoms with E-state index in [1.165, 1.54) is 25.7 Å². The maximum Gasteiger partial charge on any atom is 0.323 e. The molecule has 0 radical (unpaired) electrons. The Morgan fingerprint density at radius 2 is 2.38 bits per heavy atom. The molecule has 2 fully saturated rings. The lowest BCUT2D eigenvalue weighted by Crippen LogP contribution is -2.28. The van der Waals surface area contributed by atoms with Crippen LogP contribution in [0.2, 0.25) is 0 Å². The highest BCUT2D eigenvalue weighted by molar-refractivity contribution is 8.09.